The van der Waals surface area contributed by atoms with Gasteiger partial charge in [-0.05, 0) is 26.7 Å². The Morgan fingerprint density at radius 1 is 0.825 bits per heavy atom. The lowest BCUT2D eigenvalue weighted by Crippen LogP contribution is -2.64. The fourth-order valence-corrected chi connectivity index (χ4v) is 4.74. The van der Waals surface area contributed by atoms with Gasteiger partial charge in [-0.1, -0.05) is 42.5 Å². The Hall–Kier alpha value is -3.32. The summed E-state index contributed by atoms with van der Waals surface area (Å²) in [6.45, 7) is 3.41. The Labute approximate surface area is 231 Å². The third kappa shape index (κ3) is 6.69. The van der Waals surface area contributed by atoms with Crippen LogP contribution in [0.15, 0.2) is 42.5 Å². The summed E-state index contributed by atoms with van der Waals surface area (Å²) in [4.78, 5) is 52.1. The summed E-state index contributed by atoms with van der Waals surface area (Å²) >= 11 is 0. The van der Waals surface area contributed by atoms with Crippen molar-refractivity contribution in [3.63, 3.8) is 0 Å². The number of hydrogen-bond donors (Lipinski definition) is 0. The third-order valence-electron chi connectivity index (χ3n) is 6.71. The van der Waals surface area contributed by atoms with Crippen molar-refractivity contribution < 1.29 is 57.1 Å². The number of methoxy groups -OCH3 is 1. The van der Waals surface area contributed by atoms with E-state index in [1.165, 1.54) is 19.3 Å². The van der Waals surface area contributed by atoms with Crippen LogP contribution in [0.5, 0.6) is 0 Å². The summed E-state index contributed by atoms with van der Waals surface area (Å²) in [6, 6.07) is 9.10. The quantitative estimate of drug-likeness (QED) is 0.217. The van der Waals surface area contributed by atoms with E-state index in [4.69, 9.17) is 37.9 Å². The Morgan fingerprint density at radius 3 is 1.95 bits per heavy atom. The predicted octanol–water partition coefficient (Wildman–Crippen LogP) is 2.00. The molecule has 3 aliphatic rings. The zero-order chi connectivity index (χ0) is 28.6. The fraction of sp³-hybridized carbons (Fsp3) is 0.571. The smallest absolute Gasteiger partial charge is 0.321 e. The van der Waals surface area contributed by atoms with Crippen LogP contribution < -0.4 is 0 Å². The molecule has 1 aromatic rings. The van der Waals surface area contributed by atoms with Crippen molar-refractivity contribution in [1.82, 2.24) is 0 Å². The molecule has 0 aliphatic carbocycles. The summed E-state index contributed by atoms with van der Waals surface area (Å²) in [6.07, 6.45) is -3.54. The van der Waals surface area contributed by atoms with Gasteiger partial charge in [-0.2, -0.15) is 0 Å². The van der Waals surface area contributed by atoms with E-state index >= 15 is 0 Å². The van der Waals surface area contributed by atoms with Gasteiger partial charge in [-0.25, -0.2) is 0 Å². The van der Waals surface area contributed by atoms with Gasteiger partial charge < -0.3 is 37.9 Å². The number of ether oxygens (including phenoxy) is 8. The summed E-state index contributed by atoms with van der Waals surface area (Å²) in [5.41, 5.74) is 0.708. The Bertz CT molecular complexity index is 1070. The van der Waals surface area contributed by atoms with Crippen molar-refractivity contribution in [3.8, 4) is 0 Å². The normalized spacial score (nSPS) is 32.7. The number of hydrogen-bond acceptors (Lipinski definition) is 12. The molecular formula is C28H34O12. The zero-order valence-corrected chi connectivity index (χ0v) is 22.6. The lowest BCUT2D eigenvalue weighted by molar-refractivity contribution is -0.360. The van der Waals surface area contributed by atoms with Gasteiger partial charge in [0.1, 0.15) is 12.2 Å². The number of allylic oxidation sites excluding steroid dienone is 2. The van der Waals surface area contributed by atoms with E-state index in [2.05, 4.69) is 0 Å². The van der Waals surface area contributed by atoms with Crippen LogP contribution in [-0.4, -0.2) is 81.5 Å². The second-order valence-corrected chi connectivity index (χ2v) is 9.31. The minimum atomic E-state index is -1.35. The van der Waals surface area contributed by atoms with Crippen LogP contribution in [0.4, 0.5) is 0 Å². The Kier molecular flexibility index (Phi) is 10.3. The molecular weight excluding hydrogens is 528 g/mol. The van der Waals surface area contributed by atoms with Gasteiger partial charge in [0.2, 0.25) is 0 Å². The number of fused-ring (bicyclic) bond motifs is 3. The van der Waals surface area contributed by atoms with E-state index in [0.29, 0.717) is 5.56 Å². The van der Waals surface area contributed by atoms with Crippen molar-refractivity contribution in [2.45, 2.75) is 63.7 Å². The van der Waals surface area contributed by atoms with Crippen LogP contribution in [0.1, 0.15) is 38.5 Å². The van der Waals surface area contributed by atoms with Crippen molar-refractivity contribution in [2.75, 3.05) is 26.9 Å². The zero-order valence-electron chi connectivity index (χ0n) is 22.6. The van der Waals surface area contributed by atoms with Crippen LogP contribution in [0.25, 0.3) is 0 Å². The Morgan fingerprint density at radius 2 is 1.40 bits per heavy atom. The third-order valence-corrected chi connectivity index (χ3v) is 6.71. The average Bonchev–Trinajstić information content (AvgIpc) is 2.95. The highest BCUT2D eigenvalue weighted by atomic mass is 16.8. The lowest BCUT2D eigenvalue weighted by Gasteiger charge is -2.48. The number of esters is 4. The molecule has 2 fully saturated rings. The molecule has 0 radical (unpaired) electrons. The molecule has 0 N–H and O–H groups in total. The van der Waals surface area contributed by atoms with Crippen LogP contribution in [-0.2, 0) is 57.1 Å². The molecule has 2 saturated heterocycles. The molecule has 40 heavy (non-hydrogen) atoms. The second kappa shape index (κ2) is 13.8. The lowest BCUT2D eigenvalue weighted by atomic mass is 9.95. The van der Waals surface area contributed by atoms with Gasteiger partial charge >= 0.3 is 23.9 Å². The van der Waals surface area contributed by atoms with Crippen LogP contribution in [0.3, 0.4) is 0 Å². The molecule has 0 saturated carbocycles. The van der Waals surface area contributed by atoms with Crippen LogP contribution in [0, 0.1) is 11.8 Å². The predicted molar refractivity (Wildman–Crippen MR) is 134 cm³/mol. The molecule has 3 aliphatic heterocycles. The minimum Gasteiger partial charge on any atom is -0.465 e. The van der Waals surface area contributed by atoms with E-state index in [9.17, 15) is 19.2 Å². The Balaban J connectivity index is 1.71. The van der Waals surface area contributed by atoms with Gasteiger partial charge in [-0.15, -0.1) is 0 Å². The van der Waals surface area contributed by atoms with Gasteiger partial charge in [0, 0.05) is 12.7 Å². The highest BCUT2D eigenvalue weighted by Crippen LogP contribution is 2.37. The first kappa shape index (κ1) is 29.7. The summed E-state index contributed by atoms with van der Waals surface area (Å²) in [5, 5.41) is 0. The van der Waals surface area contributed by atoms with E-state index in [0.717, 1.165) is 0 Å². The van der Waals surface area contributed by atoms with Crippen molar-refractivity contribution in [1.29, 1.82) is 0 Å². The first-order chi connectivity index (χ1) is 19.4. The largest absolute Gasteiger partial charge is 0.465 e. The number of carbonyl (C=O) groups excluding carboxylic acids is 4. The molecule has 12 nitrogen and oxygen atoms in total. The van der Waals surface area contributed by atoms with Crippen molar-refractivity contribution in [3.05, 3.63) is 48.0 Å². The van der Waals surface area contributed by atoms with E-state index in [1.54, 1.807) is 13.8 Å². The van der Waals surface area contributed by atoms with Crippen LogP contribution >= 0.6 is 0 Å². The first-order valence-electron chi connectivity index (χ1n) is 13.3. The second-order valence-electron chi connectivity index (χ2n) is 9.31. The number of benzene rings is 1. The topological polar surface area (TPSA) is 142 Å². The molecule has 3 heterocycles. The highest BCUT2D eigenvalue weighted by Gasteiger charge is 2.55. The van der Waals surface area contributed by atoms with Gasteiger partial charge in [0.05, 0.1) is 19.8 Å². The van der Waals surface area contributed by atoms with Gasteiger partial charge in [0.15, 0.2) is 36.6 Å². The summed E-state index contributed by atoms with van der Waals surface area (Å²) in [7, 11) is 1.33. The average molecular weight is 563 g/mol. The highest BCUT2D eigenvalue weighted by molar-refractivity contribution is 5.96. The number of rotatable bonds is 6. The maximum Gasteiger partial charge on any atom is 0.321 e. The maximum absolute atomic E-state index is 13.4. The molecule has 1 aromatic carbocycles. The minimum absolute atomic E-state index is 0.0499. The van der Waals surface area contributed by atoms with E-state index in [1.807, 2.05) is 30.3 Å². The first-order valence-corrected chi connectivity index (χ1v) is 13.3. The summed E-state index contributed by atoms with van der Waals surface area (Å²) in [5.74, 6) is -5.96. The molecule has 0 bridgehead atoms. The standard InChI is InChI=1S/C28H34O12/c1-4-34-23(29)17-13-9-10-14-18(24(30)35-5-2)26(32)39-22-21(38-25(17)31)20-19(37-28(22)33-3)15-36-27(40-20)16-11-7-6-8-12-16/h6-12,17-22,27-28H,4-5,13-15H2,1-3H3/t17?,18?,19-,20-,21+,22+,27?,28+/m1/s1. The molecule has 4 rings (SSSR count). The molecule has 0 amide bonds. The molecule has 8 atom stereocenters. The summed E-state index contributed by atoms with van der Waals surface area (Å²) < 4.78 is 45.4. The van der Waals surface area contributed by atoms with Gasteiger partial charge in [-0.3, -0.25) is 19.2 Å². The molecule has 218 valence electrons. The SMILES string of the molecule is CCOC(=O)C1CC=CCC(C(=O)OCC)C(=O)O[C@@H]2[C@@H](OC)O[C@@H]3COC(c4ccccc4)O[C@H]3[C@@H]2OC1=O. The molecule has 0 aromatic heterocycles. The number of carbonyl (C=O) groups is 4. The van der Waals surface area contributed by atoms with Crippen LogP contribution in [0.2, 0.25) is 0 Å². The van der Waals surface area contributed by atoms with Crippen molar-refractivity contribution in [2.24, 2.45) is 11.8 Å². The van der Waals surface area contributed by atoms with E-state index in [-0.39, 0.29) is 32.7 Å². The monoisotopic (exact) mass is 562 g/mol. The molecule has 12 heteroatoms. The van der Waals surface area contributed by atoms with Gasteiger partial charge in [0.25, 0.3) is 0 Å². The maximum atomic E-state index is 13.4. The molecule has 0 spiro atoms. The fourth-order valence-electron chi connectivity index (χ4n) is 4.74. The van der Waals surface area contributed by atoms with E-state index < -0.39 is 72.7 Å². The molecule has 3 unspecified atom stereocenters. The van der Waals surface area contributed by atoms with Crippen molar-refractivity contribution >= 4 is 23.9 Å².